The van der Waals surface area contributed by atoms with Crippen LogP contribution in [0.15, 0.2) is 30.3 Å². The van der Waals surface area contributed by atoms with Crippen molar-refractivity contribution in [3.05, 3.63) is 30.3 Å². The summed E-state index contributed by atoms with van der Waals surface area (Å²) < 4.78 is 11.1. The molecule has 0 aromatic heterocycles. The molecule has 1 saturated heterocycles. The van der Waals surface area contributed by atoms with E-state index >= 15 is 0 Å². The highest BCUT2D eigenvalue weighted by atomic mass is 32.5. The molecule has 0 radical (unpaired) electrons. The van der Waals surface area contributed by atoms with Gasteiger partial charge in [0.1, 0.15) is 5.75 Å². The maximum atomic E-state index is 5.64. The van der Waals surface area contributed by atoms with E-state index in [2.05, 4.69) is 5.09 Å². The van der Waals surface area contributed by atoms with Crippen LogP contribution in [0.3, 0.4) is 0 Å². The predicted molar refractivity (Wildman–Crippen MR) is 59.9 cm³/mol. The van der Waals surface area contributed by atoms with E-state index in [1.807, 2.05) is 30.3 Å². The number of rotatable bonds is 2. The van der Waals surface area contributed by atoms with Gasteiger partial charge in [0.15, 0.2) is 0 Å². The molecule has 76 valence electrons. The lowest BCUT2D eigenvalue weighted by Crippen LogP contribution is -2.24. The van der Waals surface area contributed by atoms with E-state index in [9.17, 15) is 0 Å². The van der Waals surface area contributed by atoms with Gasteiger partial charge < -0.3 is 9.05 Å². The smallest absolute Gasteiger partial charge is 0.312 e. The normalized spacial score (nSPS) is 27.1. The minimum atomic E-state index is -2.25. The van der Waals surface area contributed by atoms with Crippen LogP contribution in [0.2, 0.25) is 0 Å². The predicted octanol–water partition coefficient (Wildman–Crippen LogP) is 2.30. The number of benzene rings is 1. The Hall–Kier alpha value is -0.410. The topological polar surface area (TPSA) is 30.5 Å². The minimum Gasteiger partial charge on any atom is -0.433 e. The molecule has 1 N–H and O–H groups in total. The van der Waals surface area contributed by atoms with Crippen LogP contribution in [-0.4, -0.2) is 13.2 Å². The molecule has 1 aromatic carbocycles. The molecule has 1 aromatic rings. The Morgan fingerprint density at radius 2 is 2.14 bits per heavy atom. The molecule has 1 fully saturated rings. The van der Waals surface area contributed by atoms with E-state index in [-0.39, 0.29) is 0 Å². The summed E-state index contributed by atoms with van der Waals surface area (Å²) in [5.41, 5.74) is 0. The molecule has 2 rings (SSSR count). The fourth-order valence-electron chi connectivity index (χ4n) is 1.20. The summed E-state index contributed by atoms with van der Waals surface area (Å²) in [6, 6.07) is 9.54. The van der Waals surface area contributed by atoms with E-state index in [0.717, 1.165) is 18.7 Å². The number of nitrogens with one attached hydrogen (secondary N) is 1. The Morgan fingerprint density at radius 3 is 2.79 bits per heavy atom. The molecule has 0 bridgehead atoms. The Kier molecular flexibility index (Phi) is 3.19. The first-order valence-electron chi connectivity index (χ1n) is 4.53. The number of para-hydroxylation sites is 1. The second-order valence-electron chi connectivity index (χ2n) is 3.00. The van der Waals surface area contributed by atoms with Crippen LogP contribution in [0, 0.1) is 0 Å². The maximum Gasteiger partial charge on any atom is 0.312 e. The van der Waals surface area contributed by atoms with Crippen molar-refractivity contribution < 1.29 is 9.05 Å². The van der Waals surface area contributed by atoms with Crippen LogP contribution in [-0.2, 0) is 16.3 Å². The van der Waals surface area contributed by atoms with Gasteiger partial charge in [-0.2, -0.15) is 0 Å². The molecule has 1 heterocycles. The molecule has 0 saturated carbocycles. The van der Waals surface area contributed by atoms with Gasteiger partial charge in [-0.25, -0.2) is 5.09 Å². The van der Waals surface area contributed by atoms with Gasteiger partial charge in [-0.3, -0.25) is 0 Å². The molecular formula is C9H12NO2PS. The van der Waals surface area contributed by atoms with E-state index in [1.54, 1.807) is 0 Å². The van der Waals surface area contributed by atoms with E-state index in [1.165, 1.54) is 0 Å². The SMILES string of the molecule is S=P1(Oc2ccccc2)NCCCO1. The van der Waals surface area contributed by atoms with Gasteiger partial charge in [-0.1, -0.05) is 18.2 Å². The second-order valence-corrected chi connectivity index (χ2v) is 6.19. The average Bonchev–Trinajstić information content (AvgIpc) is 2.19. The zero-order valence-corrected chi connectivity index (χ0v) is 9.39. The summed E-state index contributed by atoms with van der Waals surface area (Å²) in [6.07, 6.45) is 0.997. The van der Waals surface area contributed by atoms with Gasteiger partial charge in [-0.05, 0) is 30.4 Å². The molecule has 1 atom stereocenters. The molecule has 1 aliphatic rings. The van der Waals surface area contributed by atoms with Crippen LogP contribution in [0.25, 0.3) is 0 Å². The summed E-state index contributed by atoms with van der Waals surface area (Å²) in [7, 11) is 0. The molecule has 0 amide bonds. The summed E-state index contributed by atoms with van der Waals surface area (Å²) in [5, 5.41) is 3.13. The lowest BCUT2D eigenvalue weighted by Gasteiger charge is -2.27. The Morgan fingerprint density at radius 1 is 1.36 bits per heavy atom. The Labute approximate surface area is 88.6 Å². The summed E-state index contributed by atoms with van der Waals surface area (Å²) in [6.45, 7) is -0.681. The zero-order valence-electron chi connectivity index (χ0n) is 7.68. The molecule has 5 heteroatoms. The fourth-order valence-corrected chi connectivity index (χ4v) is 3.36. The van der Waals surface area contributed by atoms with Crippen LogP contribution in [0.5, 0.6) is 5.75 Å². The van der Waals surface area contributed by atoms with Crippen molar-refractivity contribution in [2.24, 2.45) is 0 Å². The fraction of sp³-hybridized carbons (Fsp3) is 0.333. The summed E-state index contributed by atoms with van der Waals surface area (Å²) in [4.78, 5) is 0. The Bertz CT molecular complexity index is 334. The largest absolute Gasteiger partial charge is 0.433 e. The van der Waals surface area contributed by atoms with Crippen LogP contribution >= 0.6 is 6.64 Å². The average molecular weight is 229 g/mol. The van der Waals surface area contributed by atoms with Crippen LogP contribution in [0.4, 0.5) is 0 Å². The van der Waals surface area contributed by atoms with Crippen molar-refractivity contribution in [3.63, 3.8) is 0 Å². The summed E-state index contributed by atoms with van der Waals surface area (Å²) >= 11 is 5.29. The van der Waals surface area contributed by atoms with E-state index in [0.29, 0.717) is 6.61 Å². The third kappa shape index (κ3) is 2.55. The first-order chi connectivity index (χ1) is 6.79. The molecular weight excluding hydrogens is 217 g/mol. The second kappa shape index (κ2) is 4.41. The van der Waals surface area contributed by atoms with Crippen molar-refractivity contribution in [1.82, 2.24) is 5.09 Å². The van der Waals surface area contributed by atoms with Gasteiger partial charge in [0.05, 0.1) is 6.61 Å². The van der Waals surface area contributed by atoms with Crippen molar-refractivity contribution in [1.29, 1.82) is 0 Å². The van der Waals surface area contributed by atoms with Gasteiger partial charge in [0.2, 0.25) is 0 Å². The van der Waals surface area contributed by atoms with Crippen LogP contribution in [0.1, 0.15) is 6.42 Å². The molecule has 1 unspecified atom stereocenters. The molecule has 1 aliphatic heterocycles. The van der Waals surface area contributed by atoms with Crippen LogP contribution < -0.4 is 9.61 Å². The molecule has 14 heavy (non-hydrogen) atoms. The first-order valence-corrected chi connectivity index (χ1v) is 7.17. The van der Waals surface area contributed by atoms with Crippen molar-refractivity contribution in [2.45, 2.75) is 6.42 Å². The first kappa shape index (κ1) is 10.1. The van der Waals surface area contributed by atoms with Gasteiger partial charge >= 0.3 is 6.64 Å². The zero-order chi connectivity index (χ0) is 9.86. The maximum absolute atomic E-state index is 5.64. The third-order valence-electron chi connectivity index (χ3n) is 1.86. The highest BCUT2D eigenvalue weighted by Gasteiger charge is 2.23. The van der Waals surface area contributed by atoms with Crippen molar-refractivity contribution in [3.8, 4) is 5.75 Å². The third-order valence-corrected chi connectivity index (χ3v) is 4.37. The van der Waals surface area contributed by atoms with E-state index in [4.69, 9.17) is 20.9 Å². The number of hydrogen-bond acceptors (Lipinski definition) is 3. The van der Waals surface area contributed by atoms with Gasteiger partial charge in [0, 0.05) is 6.54 Å². The van der Waals surface area contributed by atoms with Crippen molar-refractivity contribution in [2.75, 3.05) is 13.2 Å². The quantitative estimate of drug-likeness (QED) is 0.788. The molecule has 3 nitrogen and oxygen atoms in total. The monoisotopic (exact) mass is 229 g/mol. The standard InChI is InChI=1S/C9H12NO2PS/c14-13(10-7-4-8-11-13)12-9-5-2-1-3-6-9/h1-3,5-6H,4,7-8H2,(H,10,14). The number of hydrogen-bond donors (Lipinski definition) is 1. The minimum absolute atomic E-state index is 0.692. The molecule has 0 spiro atoms. The van der Waals surface area contributed by atoms with Crippen molar-refractivity contribution >= 4 is 18.4 Å². The highest BCUT2D eigenvalue weighted by Crippen LogP contribution is 2.46. The van der Waals surface area contributed by atoms with E-state index < -0.39 is 6.64 Å². The summed E-state index contributed by atoms with van der Waals surface area (Å²) in [5.74, 6) is 0.769. The lowest BCUT2D eigenvalue weighted by molar-refractivity contribution is 0.276. The highest BCUT2D eigenvalue weighted by molar-refractivity contribution is 8.09. The molecule has 0 aliphatic carbocycles. The lowest BCUT2D eigenvalue weighted by atomic mass is 10.3. The Balaban J connectivity index is 2.06. The van der Waals surface area contributed by atoms with Gasteiger partial charge in [0.25, 0.3) is 0 Å². The van der Waals surface area contributed by atoms with Gasteiger partial charge in [-0.15, -0.1) is 0 Å².